The number of rotatable bonds is 6. The smallest absolute Gasteiger partial charge is 0.356 e. The Hall–Kier alpha value is -2.31. The van der Waals surface area contributed by atoms with Crippen LogP contribution in [0.25, 0.3) is 0 Å². The normalized spacial score (nSPS) is 9.83. The average molecular weight is 252 g/mol. The zero-order chi connectivity index (χ0) is 13.5. The lowest BCUT2D eigenvalue weighted by Crippen LogP contribution is -2.14. The molecule has 5 N–H and O–H groups in total. The van der Waals surface area contributed by atoms with Crippen molar-refractivity contribution in [3.63, 3.8) is 0 Å². The van der Waals surface area contributed by atoms with Crippen molar-refractivity contribution in [2.24, 2.45) is 5.73 Å². The first-order valence-electron chi connectivity index (χ1n) is 5.41. The van der Waals surface area contributed by atoms with Crippen molar-refractivity contribution in [1.82, 2.24) is 4.98 Å². The average Bonchev–Trinajstić information content (AvgIpc) is 2.35. The van der Waals surface area contributed by atoms with Crippen LogP contribution in [0.2, 0.25) is 0 Å². The standard InChI is InChI=1S/C11H16N4O3/c1-18-11(17)8-5-4-7(12)10(15-8)14-6-2-3-9(13)16/h4-5H,2-3,6,12H2,1H3,(H2,13,16)(H,14,15). The molecule has 0 saturated carbocycles. The van der Waals surface area contributed by atoms with Crippen molar-refractivity contribution in [3.05, 3.63) is 17.8 Å². The van der Waals surface area contributed by atoms with Gasteiger partial charge in [-0.3, -0.25) is 4.79 Å². The summed E-state index contributed by atoms with van der Waals surface area (Å²) < 4.78 is 4.56. The van der Waals surface area contributed by atoms with Crippen molar-refractivity contribution < 1.29 is 14.3 Å². The summed E-state index contributed by atoms with van der Waals surface area (Å²) in [4.78, 5) is 25.9. The highest BCUT2D eigenvalue weighted by Gasteiger charge is 2.10. The summed E-state index contributed by atoms with van der Waals surface area (Å²) in [5.41, 5.74) is 11.3. The second kappa shape index (κ2) is 6.43. The van der Waals surface area contributed by atoms with Crippen LogP contribution in [0.15, 0.2) is 12.1 Å². The van der Waals surface area contributed by atoms with Crippen LogP contribution < -0.4 is 16.8 Å². The molecule has 18 heavy (non-hydrogen) atoms. The Morgan fingerprint density at radius 3 is 2.78 bits per heavy atom. The van der Waals surface area contributed by atoms with Gasteiger partial charge in [-0.25, -0.2) is 9.78 Å². The summed E-state index contributed by atoms with van der Waals surface area (Å²) in [5.74, 6) is -0.501. The second-order valence-electron chi connectivity index (χ2n) is 3.62. The topological polar surface area (TPSA) is 120 Å². The summed E-state index contributed by atoms with van der Waals surface area (Å²) in [5, 5.41) is 2.94. The number of primary amides is 1. The Bertz CT molecular complexity index is 448. The van der Waals surface area contributed by atoms with E-state index in [2.05, 4.69) is 15.0 Å². The number of ether oxygens (including phenoxy) is 1. The monoisotopic (exact) mass is 252 g/mol. The number of aromatic nitrogens is 1. The molecular weight excluding hydrogens is 236 g/mol. The van der Waals surface area contributed by atoms with E-state index in [1.54, 1.807) is 6.07 Å². The molecule has 0 radical (unpaired) electrons. The molecule has 1 rings (SSSR count). The first kappa shape index (κ1) is 13.8. The van der Waals surface area contributed by atoms with Crippen LogP contribution >= 0.6 is 0 Å². The molecule has 1 aromatic rings. The zero-order valence-electron chi connectivity index (χ0n) is 10.1. The van der Waals surface area contributed by atoms with Crippen molar-refractivity contribution in [3.8, 4) is 0 Å². The summed E-state index contributed by atoms with van der Waals surface area (Å²) in [7, 11) is 1.28. The number of nitrogens with two attached hydrogens (primary N) is 2. The van der Waals surface area contributed by atoms with E-state index in [9.17, 15) is 9.59 Å². The fourth-order valence-corrected chi connectivity index (χ4v) is 1.30. The largest absolute Gasteiger partial charge is 0.464 e. The number of esters is 1. The number of nitrogens with zero attached hydrogens (tertiary/aromatic N) is 1. The van der Waals surface area contributed by atoms with Gasteiger partial charge in [0.2, 0.25) is 5.91 Å². The van der Waals surface area contributed by atoms with Crippen LogP contribution in [0.3, 0.4) is 0 Å². The van der Waals surface area contributed by atoms with Gasteiger partial charge in [0.15, 0.2) is 5.69 Å². The molecule has 0 unspecified atom stereocenters. The van der Waals surface area contributed by atoms with E-state index in [1.165, 1.54) is 13.2 Å². The molecule has 7 nitrogen and oxygen atoms in total. The molecule has 1 amide bonds. The van der Waals surface area contributed by atoms with E-state index in [-0.39, 0.29) is 18.0 Å². The van der Waals surface area contributed by atoms with Gasteiger partial charge in [0, 0.05) is 13.0 Å². The van der Waals surface area contributed by atoms with Gasteiger partial charge in [0.05, 0.1) is 12.8 Å². The van der Waals surface area contributed by atoms with E-state index < -0.39 is 5.97 Å². The van der Waals surface area contributed by atoms with Gasteiger partial charge >= 0.3 is 5.97 Å². The first-order valence-corrected chi connectivity index (χ1v) is 5.41. The number of hydrogen-bond donors (Lipinski definition) is 3. The van der Waals surface area contributed by atoms with Crippen molar-refractivity contribution in [2.45, 2.75) is 12.8 Å². The lowest BCUT2D eigenvalue weighted by molar-refractivity contribution is -0.118. The Morgan fingerprint density at radius 1 is 1.44 bits per heavy atom. The number of pyridine rings is 1. The Labute approximate surface area is 105 Å². The first-order chi connectivity index (χ1) is 8.54. The molecule has 0 aromatic carbocycles. The van der Waals surface area contributed by atoms with Gasteiger partial charge in [-0.15, -0.1) is 0 Å². The highest BCUT2D eigenvalue weighted by molar-refractivity contribution is 5.88. The number of carbonyl (C=O) groups is 2. The third-order valence-corrected chi connectivity index (χ3v) is 2.21. The predicted molar refractivity (Wildman–Crippen MR) is 66.9 cm³/mol. The van der Waals surface area contributed by atoms with Crippen LogP contribution in [0.5, 0.6) is 0 Å². The maximum absolute atomic E-state index is 11.3. The van der Waals surface area contributed by atoms with Gasteiger partial charge in [0.25, 0.3) is 0 Å². The second-order valence-corrected chi connectivity index (χ2v) is 3.62. The number of amides is 1. The number of nitrogens with one attached hydrogen (secondary N) is 1. The molecule has 0 aliphatic carbocycles. The summed E-state index contributed by atoms with van der Waals surface area (Å²) in [6.45, 7) is 0.491. The van der Waals surface area contributed by atoms with Gasteiger partial charge in [0.1, 0.15) is 5.82 Å². The van der Waals surface area contributed by atoms with E-state index >= 15 is 0 Å². The molecule has 0 saturated heterocycles. The summed E-state index contributed by atoms with van der Waals surface area (Å²) >= 11 is 0. The van der Waals surface area contributed by atoms with Crippen LogP contribution in [-0.4, -0.2) is 30.5 Å². The van der Waals surface area contributed by atoms with Crippen molar-refractivity contribution in [1.29, 1.82) is 0 Å². The van der Waals surface area contributed by atoms with Crippen LogP contribution in [0, 0.1) is 0 Å². The van der Waals surface area contributed by atoms with Crippen LogP contribution in [-0.2, 0) is 9.53 Å². The molecule has 0 bridgehead atoms. The number of methoxy groups -OCH3 is 1. The number of hydrogen-bond acceptors (Lipinski definition) is 6. The molecule has 98 valence electrons. The highest BCUT2D eigenvalue weighted by atomic mass is 16.5. The Kier molecular flexibility index (Phi) is 4.91. The zero-order valence-corrected chi connectivity index (χ0v) is 10.1. The minimum atomic E-state index is -0.532. The fourth-order valence-electron chi connectivity index (χ4n) is 1.30. The number of carbonyl (C=O) groups excluding carboxylic acids is 2. The molecule has 0 aliphatic heterocycles. The molecule has 7 heteroatoms. The van der Waals surface area contributed by atoms with E-state index in [0.717, 1.165) is 0 Å². The summed E-state index contributed by atoms with van der Waals surface area (Å²) in [6.07, 6.45) is 0.850. The third kappa shape index (κ3) is 3.93. The molecule has 0 fully saturated rings. The van der Waals surface area contributed by atoms with Crippen LogP contribution in [0.4, 0.5) is 11.5 Å². The SMILES string of the molecule is COC(=O)c1ccc(N)c(NCCCC(N)=O)n1. The minimum absolute atomic E-state index is 0.170. The van der Waals surface area contributed by atoms with Gasteiger partial charge < -0.3 is 21.5 Å². The van der Waals surface area contributed by atoms with E-state index in [4.69, 9.17) is 11.5 Å². The number of nitrogen functional groups attached to an aromatic ring is 1. The van der Waals surface area contributed by atoms with Crippen molar-refractivity contribution >= 4 is 23.4 Å². The van der Waals surface area contributed by atoms with Gasteiger partial charge in [-0.2, -0.15) is 0 Å². The van der Waals surface area contributed by atoms with E-state index in [0.29, 0.717) is 24.5 Å². The lowest BCUT2D eigenvalue weighted by atomic mass is 10.3. The highest BCUT2D eigenvalue weighted by Crippen LogP contribution is 2.16. The summed E-state index contributed by atoms with van der Waals surface area (Å²) in [6, 6.07) is 3.05. The Balaban J connectivity index is 2.64. The van der Waals surface area contributed by atoms with Gasteiger partial charge in [-0.05, 0) is 18.6 Å². The minimum Gasteiger partial charge on any atom is -0.464 e. The van der Waals surface area contributed by atoms with Crippen LogP contribution in [0.1, 0.15) is 23.3 Å². The lowest BCUT2D eigenvalue weighted by Gasteiger charge is -2.09. The maximum atomic E-state index is 11.3. The molecule has 1 aromatic heterocycles. The third-order valence-electron chi connectivity index (χ3n) is 2.21. The fraction of sp³-hybridized carbons (Fsp3) is 0.364. The molecular formula is C11H16N4O3. The van der Waals surface area contributed by atoms with Crippen molar-refractivity contribution in [2.75, 3.05) is 24.7 Å². The predicted octanol–water partition coefficient (Wildman–Crippen LogP) is 0.128. The van der Waals surface area contributed by atoms with Gasteiger partial charge in [-0.1, -0.05) is 0 Å². The molecule has 0 spiro atoms. The molecule has 1 heterocycles. The quantitative estimate of drug-likeness (QED) is 0.488. The molecule has 0 atom stereocenters. The van der Waals surface area contributed by atoms with E-state index in [1.807, 2.05) is 0 Å². The Morgan fingerprint density at radius 2 is 2.17 bits per heavy atom. The number of anilines is 2. The molecule has 0 aliphatic rings. The maximum Gasteiger partial charge on any atom is 0.356 e.